The fraction of sp³-hybridized carbons (Fsp3) is 0.118. The molecule has 0 fully saturated rings. The number of alkyl halides is 3. The van der Waals surface area contributed by atoms with Gasteiger partial charge in [0.2, 0.25) is 0 Å². The zero-order chi connectivity index (χ0) is 33.1. The quantitative estimate of drug-likeness (QED) is 0.120. The molecular formula is C34H31F3O6P2S. The second-order valence-electron chi connectivity index (χ2n) is 10.9. The van der Waals surface area contributed by atoms with Gasteiger partial charge in [0.25, 0.3) is 0 Å². The number of halogens is 3. The maximum atomic E-state index is 14.4. The van der Waals surface area contributed by atoms with Crippen molar-refractivity contribution < 1.29 is 39.9 Å². The molecule has 240 valence electrons. The molecule has 0 radical (unpaired) electrons. The molecule has 6 nitrogen and oxygen atoms in total. The van der Waals surface area contributed by atoms with E-state index in [2.05, 4.69) is 0 Å². The van der Waals surface area contributed by atoms with E-state index in [1.807, 2.05) is 42.5 Å². The molecule has 0 bridgehead atoms. The first-order valence-electron chi connectivity index (χ1n) is 14.1. The summed E-state index contributed by atoms with van der Waals surface area (Å²) in [4.78, 5) is 21.5. The summed E-state index contributed by atoms with van der Waals surface area (Å²) in [6.45, 7) is -5.82. The molecule has 0 unspecified atom stereocenters. The van der Waals surface area contributed by atoms with E-state index < -0.39 is 36.0 Å². The second-order valence-corrected chi connectivity index (χ2v) is 19.3. The Morgan fingerprint density at radius 2 is 1.07 bits per heavy atom. The Kier molecular flexibility index (Phi) is 9.45. The second kappa shape index (κ2) is 12.9. The van der Waals surface area contributed by atoms with Gasteiger partial charge in [-0.1, -0.05) is 0 Å². The monoisotopic (exact) mass is 686 g/mol. The van der Waals surface area contributed by atoms with Crippen LogP contribution >= 0.6 is 14.4 Å². The maximum absolute atomic E-state index is 14.4. The van der Waals surface area contributed by atoms with Crippen molar-refractivity contribution in [1.29, 1.82) is 0 Å². The first kappa shape index (κ1) is 33.7. The average Bonchev–Trinajstić information content (AvgIpc) is 3.02. The van der Waals surface area contributed by atoms with Crippen molar-refractivity contribution in [3.05, 3.63) is 162 Å². The molecule has 5 aromatic carbocycles. The van der Waals surface area contributed by atoms with Crippen LogP contribution in [0.25, 0.3) is 0 Å². The summed E-state index contributed by atoms with van der Waals surface area (Å²) in [6, 6.07) is 37.7. The molecule has 0 spiro atoms. The van der Waals surface area contributed by atoms with Gasteiger partial charge in [-0.25, -0.2) is 0 Å². The van der Waals surface area contributed by atoms with E-state index in [9.17, 15) is 35.9 Å². The Morgan fingerprint density at radius 1 is 0.630 bits per heavy atom. The molecule has 2 N–H and O–H groups in total. The molecule has 0 aliphatic heterocycles. The molecular weight excluding hydrogens is 655 g/mol. The third kappa shape index (κ3) is 6.60. The Morgan fingerprint density at radius 3 is 1.50 bits per heavy atom. The van der Waals surface area contributed by atoms with Gasteiger partial charge in [-0.05, 0) is 0 Å². The molecule has 0 heterocycles. The topological polar surface area (TPSA) is 101 Å². The summed E-state index contributed by atoms with van der Waals surface area (Å²) in [5.74, 6) is -1.33. The third-order valence-electron chi connectivity index (χ3n) is 7.82. The van der Waals surface area contributed by atoms with Gasteiger partial charge >= 0.3 is 266 Å². The van der Waals surface area contributed by atoms with Crippen molar-refractivity contribution in [3.8, 4) is 0 Å². The van der Waals surface area contributed by atoms with Crippen LogP contribution < -0.4 is 15.9 Å². The van der Waals surface area contributed by atoms with Crippen LogP contribution in [0.2, 0.25) is 0 Å². The van der Waals surface area contributed by atoms with Crippen LogP contribution in [0.3, 0.4) is 0 Å². The SMILES string of the molecule is O=P(O)(O)CP(OS(=O)(=O)C(F)(F)F)(c1ccccc1)(c1ccccc1)c1cccc(Cc2ccccc2)c1Cc1ccccc1. The van der Waals surface area contributed by atoms with Gasteiger partial charge in [-0.15, -0.1) is 0 Å². The molecule has 5 aromatic rings. The normalized spacial score (nSPS) is 13.5. The minimum atomic E-state index is -6.48. The molecule has 0 amide bonds. The molecule has 12 heteroatoms. The van der Waals surface area contributed by atoms with Gasteiger partial charge in [0.05, 0.1) is 0 Å². The number of hydrogen-bond donors (Lipinski definition) is 2. The van der Waals surface area contributed by atoms with Crippen molar-refractivity contribution in [1.82, 2.24) is 0 Å². The summed E-state index contributed by atoms with van der Waals surface area (Å²) >= 11 is 0. The van der Waals surface area contributed by atoms with E-state index in [0.29, 0.717) is 17.5 Å². The first-order chi connectivity index (χ1) is 21.7. The predicted molar refractivity (Wildman–Crippen MR) is 177 cm³/mol. The average molecular weight is 687 g/mol. The van der Waals surface area contributed by atoms with E-state index in [4.69, 9.17) is 3.97 Å². The Labute approximate surface area is 265 Å². The summed E-state index contributed by atoms with van der Waals surface area (Å²) in [5, 5.41) is -0.180. The summed E-state index contributed by atoms with van der Waals surface area (Å²) in [5.41, 5.74) is -3.25. The van der Waals surface area contributed by atoms with Gasteiger partial charge in [-0.2, -0.15) is 0 Å². The van der Waals surface area contributed by atoms with Gasteiger partial charge in [0.1, 0.15) is 0 Å². The summed E-state index contributed by atoms with van der Waals surface area (Å²) in [7, 11) is -11.8. The molecule has 0 saturated heterocycles. The molecule has 0 saturated carbocycles. The zero-order valence-electron chi connectivity index (χ0n) is 24.4. The van der Waals surface area contributed by atoms with Gasteiger partial charge in [0, 0.05) is 0 Å². The van der Waals surface area contributed by atoms with Gasteiger partial charge in [-0.3, -0.25) is 0 Å². The Balaban J connectivity index is 2.03. The van der Waals surface area contributed by atoms with Gasteiger partial charge in [0.15, 0.2) is 0 Å². The third-order valence-corrected chi connectivity index (χ3v) is 18.3. The van der Waals surface area contributed by atoms with Crippen LogP contribution in [0.15, 0.2) is 140 Å². The first-order valence-corrected chi connectivity index (χ1v) is 19.7. The van der Waals surface area contributed by atoms with Crippen LogP contribution in [-0.4, -0.2) is 29.6 Å². The standard InChI is InChI=1S/C34H31F3O6P2S/c35-34(36,37)46(41,42)43-45(26-44(38,39)40,30-19-9-3-10-20-30,31-21-11-4-12-22-31)33-23-13-18-29(24-27-14-5-1-6-15-27)32(33)25-28-16-7-2-8-17-28/h1-23H,24-26H2,(H2,38,39,40). The van der Waals surface area contributed by atoms with Crippen LogP contribution in [0.4, 0.5) is 13.2 Å². The van der Waals surface area contributed by atoms with Crippen LogP contribution in [-0.2, 0) is 31.5 Å². The fourth-order valence-electron chi connectivity index (χ4n) is 5.96. The van der Waals surface area contributed by atoms with E-state index in [-0.39, 0.29) is 22.3 Å². The van der Waals surface area contributed by atoms with Crippen molar-refractivity contribution >= 4 is 40.5 Å². The Hall–Kier alpha value is -3.62. The molecule has 0 aliphatic rings. The zero-order valence-corrected chi connectivity index (χ0v) is 27.0. The van der Waals surface area contributed by atoms with Crippen molar-refractivity contribution in [2.24, 2.45) is 0 Å². The Bertz CT molecular complexity index is 1910. The fourth-order valence-corrected chi connectivity index (χ4v) is 18.0. The van der Waals surface area contributed by atoms with Crippen molar-refractivity contribution in [2.45, 2.75) is 18.3 Å². The molecule has 0 aromatic heterocycles. The van der Waals surface area contributed by atoms with Crippen LogP contribution in [0.1, 0.15) is 22.3 Å². The van der Waals surface area contributed by atoms with Crippen LogP contribution in [0, 0.1) is 0 Å². The molecule has 0 atom stereocenters. The predicted octanol–water partition coefficient (Wildman–Crippen LogP) is 6.61. The molecule has 46 heavy (non-hydrogen) atoms. The molecule has 5 rings (SSSR count). The summed E-state index contributed by atoms with van der Waals surface area (Å²) < 4.78 is 89.0. The molecule has 0 aliphatic carbocycles. The van der Waals surface area contributed by atoms with E-state index >= 15 is 0 Å². The van der Waals surface area contributed by atoms with Crippen molar-refractivity contribution in [2.75, 3.05) is 5.90 Å². The summed E-state index contributed by atoms with van der Waals surface area (Å²) in [6.07, 6.45) is 0.405. The van der Waals surface area contributed by atoms with Gasteiger partial charge < -0.3 is 0 Å². The van der Waals surface area contributed by atoms with Crippen molar-refractivity contribution in [3.63, 3.8) is 0 Å². The van der Waals surface area contributed by atoms with E-state index in [0.717, 1.165) is 11.1 Å². The minimum absolute atomic E-state index is 0.0168. The number of rotatable bonds is 11. The van der Waals surface area contributed by atoms with E-state index in [1.165, 1.54) is 54.6 Å². The van der Waals surface area contributed by atoms with Crippen LogP contribution in [0.5, 0.6) is 0 Å². The number of hydrogen-bond acceptors (Lipinski definition) is 4. The number of benzene rings is 5. The van der Waals surface area contributed by atoms with E-state index in [1.54, 1.807) is 42.5 Å².